The first-order valence-electron chi connectivity index (χ1n) is 4.38. The highest BCUT2D eigenvalue weighted by Crippen LogP contribution is 2.35. The van der Waals surface area contributed by atoms with E-state index < -0.39 is 5.95 Å². The first-order chi connectivity index (χ1) is 7.59. The highest BCUT2D eigenvalue weighted by atomic mass is 35.5. The molecule has 2 nitrogen and oxygen atoms in total. The van der Waals surface area contributed by atoms with E-state index in [9.17, 15) is 9.50 Å². The Bertz CT molecular complexity index is 546. The summed E-state index contributed by atoms with van der Waals surface area (Å²) >= 11 is 11.8. The van der Waals surface area contributed by atoms with Crippen LogP contribution in [0.4, 0.5) is 4.39 Å². The number of hydrogen-bond acceptors (Lipinski definition) is 2. The van der Waals surface area contributed by atoms with Crippen molar-refractivity contribution in [2.75, 3.05) is 0 Å². The van der Waals surface area contributed by atoms with Gasteiger partial charge in [0.2, 0.25) is 5.95 Å². The van der Waals surface area contributed by atoms with E-state index in [1.807, 2.05) is 0 Å². The van der Waals surface area contributed by atoms with Gasteiger partial charge in [0.15, 0.2) is 0 Å². The number of pyridine rings is 1. The summed E-state index contributed by atoms with van der Waals surface area (Å²) in [7, 11) is 0. The Hall–Kier alpha value is -1.32. The second kappa shape index (κ2) is 4.28. The summed E-state index contributed by atoms with van der Waals surface area (Å²) in [4.78, 5) is 3.41. The van der Waals surface area contributed by atoms with Gasteiger partial charge in [-0.25, -0.2) is 4.98 Å². The Morgan fingerprint density at radius 1 is 1.19 bits per heavy atom. The van der Waals surface area contributed by atoms with Crippen LogP contribution in [0.25, 0.3) is 11.1 Å². The third-order valence-electron chi connectivity index (χ3n) is 2.07. The molecule has 0 bridgehead atoms. The van der Waals surface area contributed by atoms with E-state index >= 15 is 0 Å². The molecule has 2 rings (SSSR count). The van der Waals surface area contributed by atoms with Gasteiger partial charge in [-0.1, -0.05) is 35.3 Å². The molecule has 1 aromatic heterocycles. The second-order valence-electron chi connectivity index (χ2n) is 3.13. The van der Waals surface area contributed by atoms with Crippen LogP contribution in [0.2, 0.25) is 10.0 Å². The molecule has 0 amide bonds. The molecule has 0 saturated carbocycles. The van der Waals surface area contributed by atoms with Crippen LogP contribution < -0.4 is 0 Å². The van der Waals surface area contributed by atoms with Gasteiger partial charge >= 0.3 is 0 Å². The average Bonchev–Trinajstić information content (AvgIpc) is 2.26. The number of halogens is 3. The van der Waals surface area contributed by atoms with Crippen molar-refractivity contribution in [3.8, 4) is 16.9 Å². The number of nitrogens with zero attached hydrogens (tertiary/aromatic N) is 1. The normalized spacial score (nSPS) is 10.4. The van der Waals surface area contributed by atoms with Crippen molar-refractivity contribution in [3.05, 3.63) is 46.5 Å². The maximum Gasteiger partial charge on any atom is 0.221 e. The zero-order chi connectivity index (χ0) is 11.7. The van der Waals surface area contributed by atoms with Crippen LogP contribution in [0.15, 0.2) is 30.5 Å². The highest BCUT2D eigenvalue weighted by Gasteiger charge is 2.12. The molecule has 0 aliphatic rings. The van der Waals surface area contributed by atoms with Crippen molar-refractivity contribution in [1.29, 1.82) is 0 Å². The van der Waals surface area contributed by atoms with E-state index in [4.69, 9.17) is 23.2 Å². The van der Waals surface area contributed by atoms with Gasteiger partial charge < -0.3 is 5.11 Å². The lowest BCUT2D eigenvalue weighted by Crippen LogP contribution is -1.89. The maximum absolute atomic E-state index is 13.4. The van der Waals surface area contributed by atoms with E-state index in [2.05, 4.69) is 4.98 Å². The van der Waals surface area contributed by atoms with Gasteiger partial charge in [0.1, 0.15) is 5.75 Å². The predicted molar refractivity (Wildman–Crippen MR) is 61.3 cm³/mol. The van der Waals surface area contributed by atoms with Crippen LogP contribution >= 0.6 is 23.2 Å². The number of benzene rings is 1. The van der Waals surface area contributed by atoms with Gasteiger partial charge in [-0.2, -0.15) is 4.39 Å². The van der Waals surface area contributed by atoms with Crippen molar-refractivity contribution in [2.45, 2.75) is 0 Å². The molecule has 16 heavy (non-hydrogen) atoms. The summed E-state index contributed by atoms with van der Waals surface area (Å²) in [5.74, 6) is -0.839. The van der Waals surface area contributed by atoms with Crippen LogP contribution in [-0.2, 0) is 0 Å². The fourth-order valence-electron chi connectivity index (χ4n) is 1.34. The molecule has 0 fully saturated rings. The summed E-state index contributed by atoms with van der Waals surface area (Å²) in [6, 6.07) is 6.10. The van der Waals surface area contributed by atoms with Crippen LogP contribution in [0.5, 0.6) is 5.75 Å². The molecule has 0 spiro atoms. The first-order valence-corrected chi connectivity index (χ1v) is 5.14. The Labute approximate surface area is 101 Å². The minimum absolute atomic E-state index is 0.118. The summed E-state index contributed by atoms with van der Waals surface area (Å²) in [5.41, 5.74) is 0.516. The molecule has 0 aliphatic carbocycles. The molecule has 0 saturated heterocycles. The zero-order valence-electron chi connectivity index (χ0n) is 7.92. The van der Waals surface area contributed by atoms with Gasteiger partial charge in [0.05, 0.1) is 16.2 Å². The maximum atomic E-state index is 13.4. The lowest BCUT2D eigenvalue weighted by Gasteiger charge is -2.06. The van der Waals surface area contributed by atoms with Gasteiger partial charge in [0.25, 0.3) is 0 Å². The van der Waals surface area contributed by atoms with Gasteiger partial charge in [-0.3, -0.25) is 0 Å². The standard InChI is InChI=1S/C11H6Cl2FNO/c12-9-3-1-2-7(10(9)13)8-4-6(16)5-15-11(8)14/h1-5,16H. The van der Waals surface area contributed by atoms with Crippen molar-refractivity contribution in [1.82, 2.24) is 4.98 Å². The fraction of sp³-hybridized carbons (Fsp3) is 0. The number of rotatable bonds is 1. The van der Waals surface area contributed by atoms with Gasteiger partial charge in [-0.15, -0.1) is 0 Å². The highest BCUT2D eigenvalue weighted by molar-refractivity contribution is 6.43. The van der Waals surface area contributed by atoms with E-state index in [1.165, 1.54) is 6.07 Å². The molecule has 5 heteroatoms. The van der Waals surface area contributed by atoms with E-state index in [0.29, 0.717) is 10.6 Å². The summed E-state index contributed by atoms with van der Waals surface area (Å²) in [6.45, 7) is 0. The topological polar surface area (TPSA) is 33.1 Å². The lowest BCUT2D eigenvalue weighted by molar-refractivity contribution is 0.467. The lowest BCUT2D eigenvalue weighted by atomic mass is 10.1. The van der Waals surface area contributed by atoms with Gasteiger partial charge in [-0.05, 0) is 12.1 Å². The van der Waals surface area contributed by atoms with Crippen molar-refractivity contribution in [3.63, 3.8) is 0 Å². The summed E-state index contributed by atoms with van der Waals surface area (Å²) in [6.07, 6.45) is 1.03. The van der Waals surface area contributed by atoms with Crippen LogP contribution in [0.3, 0.4) is 0 Å². The average molecular weight is 258 g/mol. The molecule has 2 aromatic rings. The number of aromatic nitrogens is 1. The largest absolute Gasteiger partial charge is 0.506 e. The Balaban J connectivity index is 2.67. The summed E-state index contributed by atoms with van der Waals surface area (Å²) in [5, 5.41) is 9.81. The van der Waals surface area contributed by atoms with Crippen LogP contribution in [0, 0.1) is 5.95 Å². The number of hydrogen-bond donors (Lipinski definition) is 1. The molecular weight excluding hydrogens is 252 g/mol. The molecule has 0 atom stereocenters. The van der Waals surface area contributed by atoms with E-state index in [1.54, 1.807) is 18.2 Å². The van der Waals surface area contributed by atoms with Gasteiger partial charge in [0, 0.05) is 11.1 Å². The minimum atomic E-state index is -0.707. The quantitative estimate of drug-likeness (QED) is 0.787. The molecule has 1 heterocycles. The van der Waals surface area contributed by atoms with E-state index in [0.717, 1.165) is 6.20 Å². The minimum Gasteiger partial charge on any atom is -0.506 e. The van der Waals surface area contributed by atoms with Crippen LogP contribution in [0.1, 0.15) is 0 Å². The van der Waals surface area contributed by atoms with Crippen molar-refractivity contribution < 1.29 is 9.50 Å². The first kappa shape index (κ1) is 11.2. The zero-order valence-corrected chi connectivity index (χ0v) is 9.43. The molecule has 1 N–H and O–H groups in total. The molecule has 0 aliphatic heterocycles. The Morgan fingerprint density at radius 2 is 1.94 bits per heavy atom. The molecule has 82 valence electrons. The predicted octanol–water partition coefficient (Wildman–Crippen LogP) is 3.90. The third-order valence-corrected chi connectivity index (χ3v) is 2.89. The van der Waals surface area contributed by atoms with Crippen molar-refractivity contribution in [2.24, 2.45) is 0 Å². The monoisotopic (exact) mass is 257 g/mol. The molecule has 1 aromatic carbocycles. The smallest absolute Gasteiger partial charge is 0.221 e. The second-order valence-corrected chi connectivity index (χ2v) is 3.92. The Kier molecular flexibility index (Phi) is 2.99. The molecular formula is C11H6Cl2FNO. The fourth-order valence-corrected chi connectivity index (χ4v) is 1.74. The van der Waals surface area contributed by atoms with Crippen molar-refractivity contribution >= 4 is 23.2 Å². The third kappa shape index (κ3) is 1.96. The molecule has 0 radical (unpaired) electrons. The van der Waals surface area contributed by atoms with Crippen LogP contribution in [-0.4, -0.2) is 10.1 Å². The SMILES string of the molecule is Oc1cnc(F)c(-c2cccc(Cl)c2Cl)c1. The number of aromatic hydroxyl groups is 1. The summed E-state index contributed by atoms with van der Waals surface area (Å²) < 4.78 is 13.4. The van der Waals surface area contributed by atoms with E-state index in [-0.39, 0.29) is 16.3 Å². The Morgan fingerprint density at radius 3 is 2.69 bits per heavy atom. The molecule has 0 unspecified atom stereocenters.